The second-order valence-electron chi connectivity index (χ2n) is 7.78. The van der Waals surface area contributed by atoms with Crippen molar-refractivity contribution < 1.29 is 24.9 Å². The number of ketones is 2. The lowest BCUT2D eigenvalue weighted by Gasteiger charge is -2.17. The van der Waals surface area contributed by atoms with Gasteiger partial charge in [-0.3, -0.25) is 9.59 Å². The number of benzene rings is 1. The minimum atomic E-state index is -0.562. The summed E-state index contributed by atoms with van der Waals surface area (Å²) >= 11 is 0. The molecule has 0 aliphatic heterocycles. The maximum atomic E-state index is 12.3. The van der Waals surface area contributed by atoms with Gasteiger partial charge in [0, 0.05) is 16.7 Å². The summed E-state index contributed by atoms with van der Waals surface area (Å²) in [6, 6.07) is 6.73. The van der Waals surface area contributed by atoms with Crippen molar-refractivity contribution in [1.29, 1.82) is 0 Å². The first-order valence-electron chi connectivity index (χ1n) is 11.1. The van der Waals surface area contributed by atoms with E-state index in [4.69, 9.17) is 10.2 Å². The van der Waals surface area contributed by atoms with Crippen molar-refractivity contribution in [3.63, 3.8) is 0 Å². The van der Waals surface area contributed by atoms with Gasteiger partial charge in [0.25, 0.3) is 0 Å². The molecule has 0 atom stereocenters. The zero-order valence-corrected chi connectivity index (χ0v) is 18.6. The Kier molecular flexibility index (Phi) is 11.2. The molecule has 5 nitrogen and oxygen atoms in total. The van der Waals surface area contributed by atoms with Crippen molar-refractivity contribution in [2.24, 2.45) is 0 Å². The third-order valence-electron chi connectivity index (χ3n) is 5.56. The molecule has 0 fully saturated rings. The number of aliphatic hydroxyl groups excluding tert-OH is 3. The quantitative estimate of drug-likeness (QED) is 0.221. The van der Waals surface area contributed by atoms with Gasteiger partial charge in [0.05, 0.1) is 13.2 Å². The first kappa shape index (κ1) is 24.6. The lowest BCUT2D eigenvalue weighted by atomic mass is 9.86. The summed E-state index contributed by atoms with van der Waals surface area (Å²) in [6.07, 6.45) is 9.21. The summed E-state index contributed by atoms with van der Waals surface area (Å²) in [5, 5.41) is 28.5. The van der Waals surface area contributed by atoms with Crippen LogP contribution in [-0.2, 0) is 15.7 Å². The molecule has 6 heteroatoms. The molecule has 0 aromatic heterocycles. The Hall–Kier alpha value is -1.63. The second kappa shape index (κ2) is 13.6. The molecule has 1 aromatic rings. The third kappa shape index (κ3) is 7.25. The van der Waals surface area contributed by atoms with E-state index in [1.165, 1.54) is 19.3 Å². The second-order valence-corrected chi connectivity index (χ2v) is 10.2. The van der Waals surface area contributed by atoms with E-state index in [2.05, 4.69) is 0 Å². The van der Waals surface area contributed by atoms with Crippen LogP contribution in [0.15, 0.2) is 29.8 Å². The molecular weight excluding hydrogens is 400 g/mol. The molecule has 0 amide bonds. The third-order valence-corrected chi connectivity index (χ3v) is 7.95. The van der Waals surface area contributed by atoms with Gasteiger partial charge in [0.1, 0.15) is 23.0 Å². The van der Waals surface area contributed by atoms with Crippen LogP contribution in [0.4, 0.5) is 0 Å². The van der Waals surface area contributed by atoms with Crippen molar-refractivity contribution in [3.8, 4) is 0 Å². The molecule has 0 bridgehead atoms. The van der Waals surface area contributed by atoms with Gasteiger partial charge in [-0.1, -0.05) is 56.4 Å². The topological polar surface area (TPSA) is 94.8 Å². The number of fused-ring (bicyclic) bond motifs is 1. The fraction of sp³-hybridized carbons (Fsp3) is 0.583. The highest BCUT2D eigenvalue weighted by atomic mass is 32.2. The van der Waals surface area contributed by atoms with Crippen LogP contribution in [0.5, 0.6) is 0 Å². The van der Waals surface area contributed by atoms with Gasteiger partial charge in [-0.2, -0.15) is 0 Å². The van der Waals surface area contributed by atoms with Gasteiger partial charge in [-0.15, -0.1) is 0 Å². The van der Waals surface area contributed by atoms with Crippen molar-refractivity contribution >= 4 is 28.2 Å². The average molecular weight is 436 g/mol. The Morgan fingerprint density at radius 1 is 0.667 bits per heavy atom. The van der Waals surface area contributed by atoms with E-state index >= 15 is 0 Å². The first-order valence-corrected chi connectivity index (χ1v) is 12.8. The summed E-state index contributed by atoms with van der Waals surface area (Å²) in [5.41, 5.74) is 1.03. The van der Waals surface area contributed by atoms with E-state index in [1.54, 1.807) is 24.3 Å². The lowest BCUT2D eigenvalue weighted by Crippen LogP contribution is -2.24. The summed E-state index contributed by atoms with van der Waals surface area (Å²) < 4.78 is 0. The van der Waals surface area contributed by atoms with Gasteiger partial charge >= 0.3 is 0 Å². The summed E-state index contributed by atoms with van der Waals surface area (Å²) in [5.74, 6) is 1.62. The maximum Gasteiger partial charge on any atom is 0.234 e. The van der Waals surface area contributed by atoms with E-state index < -0.39 is 11.6 Å². The minimum absolute atomic E-state index is 0.0309. The van der Waals surface area contributed by atoms with Gasteiger partial charge in [0.15, 0.2) is 0 Å². The number of hydrogen-bond acceptors (Lipinski definition) is 5. The Labute approximate surface area is 182 Å². The van der Waals surface area contributed by atoms with E-state index in [9.17, 15) is 14.7 Å². The van der Waals surface area contributed by atoms with E-state index in [1.807, 2.05) is 0 Å². The van der Waals surface area contributed by atoms with Crippen molar-refractivity contribution in [3.05, 3.63) is 41.0 Å². The van der Waals surface area contributed by atoms with Gasteiger partial charge in [0.2, 0.25) is 11.6 Å². The van der Waals surface area contributed by atoms with E-state index in [-0.39, 0.29) is 35.4 Å². The van der Waals surface area contributed by atoms with Crippen LogP contribution in [0.25, 0.3) is 5.76 Å². The standard InChI is InChI=1S/C24H34O5S/c25-14-17-30(18-15-26)16-10-6-4-2-1-3-5-7-13-21-22(27)19-11-8-9-12-20(19)23(28)24(21)29/h8-9,11-12,25-26H,1-7,10,13-18H2/p+1. The van der Waals surface area contributed by atoms with Crippen molar-refractivity contribution in [2.45, 2.75) is 57.8 Å². The maximum absolute atomic E-state index is 12.3. The van der Waals surface area contributed by atoms with Crippen LogP contribution in [0, 0.1) is 0 Å². The average Bonchev–Trinajstić information content (AvgIpc) is 2.75. The van der Waals surface area contributed by atoms with Gasteiger partial charge in [-0.25, -0.2) is 0 Å². The van der Waals surface area contributed by atoms with Crippen molar-refractivity contribution in [2.75, 3.05) is 30.5 Å². The number of allylic oxidation sites excluding steroid dienone is 1. The summed E-state index contributed by atoms with van der Waals surface area (Å²) in [7, 11) is 0.163. The molecule has 2 rings (SSSR count). The largest absolute Gasteiger partial charge is 0.507 e. The Morgan fingerprint density at radius 2 is 1.20 bits per heavy atom. The van der Waals surface area contributed by atoms with Crippen LogP contribution < -0.4 is 0 Å². The zero-order valence-electron chi connectivity index (χ0n) is 17.8. The molecule has 1 aliphatic rings. The van der Waals surface area contributed by atoms with Crippen LogP contribution in [0.1, 0.15) is 73.7 Å². The van der Waals surface area contributed by atoms with Crippen LogP contribution >= 0.6 is 0 Å². The predicted octanol–water partition coefficient (Wildman–Crippen LogP) is 3.83. The highest BCUT2D eigenvalue weighted by molar-refractivity contribution is 7.96. The molecule has 30 heavy (non-hydrogen) atoms. The number of hydrogen-bond donors (Lipinski definition) is 3. The number of Topliss-reactive ketones (excluding diaryl/α,β-unsaturated/α-hetero) is 2. The fourth-order valence-corrected chi connectivity index (χ4v) is 5.62. The number of rotatable bonds is 15. The molecule has 0 saturated carbocycles. The first-order chi connectivity index (χ1) is 14.6. The fourth-order valence-electron chi connectivity index (χ4n) is 3.88. The minimum Gasteiger partial charge on any atom is -0.507 e. The van der Waals surface area contributed by atoms with Crippen LogP contribution in [0.2, 0.25) is 0 Å². The Balaban J connectivity index is 1.60. The van der Waals surface area contributed by atoms with E-state index in [0.717, 1.165) is 49.4 Å². The van der Waals surface area contributed by atoms with Crippen LogP contribution in [-0.4, -0.2) is 57.4 Å². The highest BCUT2D eigenvalue weighted by Crippen LogP contribution is 2.30. The molecule has 166 valence electrons. The monoisotopic (exact) mass is 435 g/mol. The molecule has 0 unspecified atom stereocenters. The van der Waals surface area contributed by atoms with Crippen molar-refractivity contribution in [1.82, 2.24) is 0 Å². The van der Waals surface area contributed by atoms with Crippen LogP contribution in [0.3, 0.4) is 0 Å². The summed E-state index contributed by atoms with van der Waals surface area (Å²) in [4.78, 5) is 24.5. The number of carbonyl (C=O) groups excluding carboxylic acids is 2. The Bertz CT molecular complexity index is 722. The lowest BCUT2D eigenvalue weighted by molar-refractivity contribution is -0.112. The van der Waals surface area contributed by atoms with Gasteiger partial charge in [-0.05, 0) is 36.6 Å². The molecular formula is C24H35O5S+. The smallest absolute Gasteiger partial charge is 0.234 e. The molecule has 0 radical (unpaired) electrons. The molecule has 1 aromatic carbocycles. The SMILES string of the molecule is O=C1C(=O)c2ccccc2C(O)=C1CCCCCCCCCC[S+](CCO)CCO. The Morgan fingerprint density at radius 3 is 1.80 bits per heavy atom. The number of aliphatic hydroxyl groups is 3. The summed E-state index contributed by atoms with van der Waals surface area (Å²) in [6.45, 7) is 0.425. The molecule has 1 aliphatic carbocycles. The normalized spacial score (nSPS) is 14.0. The number of unbranched alkanes of at least 4 members (excludes halogenated alkanes) is 7. The highest BCUT2D eigenvalue weighted by Gasteiger charge is 2.31. The molecule has 0 heterocycles. The van der Waals surface area contributed by atoms with E-state index in [0.29, 0.717) is 17.5 Å². The van der Waals surface area contributed by atoms with Gasteiger partial charge < -0.3 is 15.3 Å². The molecule has 0 saturated heterocycles. The number of carbonyl (C=O) groups is 2. The zero-order chi connectivity index (χ0) is 21.8. The predicted molar refractivity (Wildman–Crippen MR) is 123 cm³/mol. The molecule has 3 N–H and O–H groups in total. The molecule has 0 spiro atoms.